The molecule has 1 amide bonds. The van der Waals surface area contributed by atoms with E-state index in [0.29, 0.717) is 0 Å². The van der Waals surface area contributed by atoms with Gasteiger partial charge in [-0.3, -0.25) is 4.79 Å². The van der Waals surface area contributed by atoms with E-state index < -0.39 is 29.1 Å². The summed E-state index contributed by atoms with van der Waals surface area (Å²) in [5.41, 5.74) is 3.86. The van der Waals surface area contributed by atoms with Gasteiger partial charge in [0.15, 0.2) is 0 Å². The van der Waals surface area contributed by atoms with Gasteiger partial charge in [-0.15, -0.1) is 0 Å². The molecular formula is C14H19F3N2O2. The molecule has 21 heavy (non-hydrogen) atoms. The molecule has 1 atom stereocenters. The van der Waals surface area contributed by atoms with E-state index in [4.69, 9.17) is 10.5 Å². The number of rotatable bonds is 3. The van der Waals surface area contributed by atoms with Crippen molar-refractivity contribution in [1.82, 2.24) is 0 Å². The van der Waals surface area contributed by atoms with Crippen LogP contribution in [0.15, 0.2) is 18.2 Å². The summed E-state index contributed by atoms with van der Waals surface area (Å²) in [4.78, 5) is 12.0. The van der Waals surface area contributed by atoms with Gasteiger partial charge in [0.05, 0.1) is 24.4 Å². The van der Waals surface area contributed by atoms with Crippen LogP contribution in [0.3, 0.4) is 0 Å². The Morgan fingerprint density at radius 3 is 2.29 bits per heavy atom. The molecule has 0 bridgehead atoms. The zero-order chi connectivity index (χ0) is 16.4. The van der Waals surface area contributed by atoms with Gasteiger partial charge in [-0.2, -0.15) is 13.2 Å². The number of hydrogen-bond acceptors (Lipinski definition) is 3. The molecule has 1 aromatic rings. The number of alkyl halides is 3. The van der Waals surface area contributed by atoms with Gasteiger partial charge in [0.2, 0.25) is 5.91 Å². The predicted octanol–water partition coefficient (Wildman–Crippen LogP) is 3.03. The maximum atomic E-state index is 13.0. The highest BCUT2D eigenvalue weighted by Gasteiger charge is 2.35. The smallest absolute Gasteiger partial charge is 0.418 e. The molecule has 1 rings (SSSR count). The van der Waals surface area contributed by atoms with Crippen molar-refractivity contribution in [3.63, 3.8) is 0 Å². The molecule has 0 aliphatic carbocycles. The number of ether oxygens (including phenoxy) is 1. The number of benzene rings is 1. The minimum absolute atomic E-state index is 0.0560. The molecule has 4 nitrogen and oxygen atoms in total. The molecule has 0 heterocycles. The van der Waals surface area contributed by atoms with Gasteiger partial charge in [-0.05, 0) is 23.6 Å². The lowest BCUT2D eigenvalue weighted by molar-refractivity contribution is -0.137. The highest BCUT2D eigenvalue weighted by atomic mass is 19.4. The van der Waals surface area contributed by atoms with E-state index >= 15 is 0 Å². The molecule has 0 saturated heterocycles. The van der Waals surface area contributed by atoms with Crippen molar-refractivity contribution in [3.05, 3.63) is 23.8 Å². The van der Waals surface area contributed by atoms with Crippen molar-refractivity contribution in [2.75, 3.05) is 12.4 Å². The van der Waals surface area contributed by atoms with Crippen LogP contribution in [-0.2, 0) is 11.0 Å². The van der Waals surface area contributed by atoms with Crippen molar-refractivity contribution in [2.24, 2.45) is 11.1 Å². The van der Waals surface area contributed by atoms with Crippen molar-refractivity contribution >= 4 is 11.6 Å². The third kappa shape index (κ3) is 4.35. The lowest BCUT2D eigenvalue weighted by Gasteiger charge is -2.26. The van der Waals surface area contributed by atoms with Crippen LogP contribution in [-0.4, -0.2) is 19.1 Å². The first kappa shape index (κ1) is 17.3. The molecule has 118 valence electrons. The summed E-state index contributed by atoms with van der Waals surface area (Å²) >= 11 is 0. The second-order valence-corrected chi connectivity index (χ2v) is 5.74. The molecule has 3 N–H and O–H groups in total. The maximum Gasteiger partial charge on any atom is 0.418 e. The van der Waals surface area contributed by atoms with Crippen molar-refractivity contribution < 1.29 is 22.7 Å². The number of methoxy groups -OCH3 is 1. The normalized spacial score (nSPS) is 13.7. The number of nitrogens with two attached hydrogens (primary N) is 1. The third-order valence-corrected chi connectivity index (χ3v) is 3.01. The van der Waals surface area contributed by atoms with Gasteiger partial charge in [0.25, 0.3) is 0 Å². The summed E-state index contributed by atoms with van der Waals surface area (Å²) in [6, 6.07) is 2.39. The Morgan fingerprint density at radius 2 is 1.86 bits per heavy atom. The molecule has 0 aromatic heterocycles. The van der Waals surface area contributed by atoms with Crippen LogP contribution < -0.4 is 15.8 Å². The Hall–Kier alpha value is -1.76. The standard InChI is InChI=1S/C14H19F3N2O2/c1-13(2,3)11(18)12(20)19-10-6-5-8(21-4)7-9(10)14(15,16)17/h5-7,11H,18H2,1-4H3,(H,19,20)/t11-/m1/s1. The van der Waals surface area contributed by atoms with Crippen LogP contribution in [0.1, 0.15) is 26.3 Å². The number of halogens is 3. The Balaban J connectivity index is 3.11. The van der Waals surface area contributed by atoms with Gasteiger partial charge in [-0.25, -0.2) is 0 Å². The largest absolute Gasteiger partial charge is 0.497 e. The van der Waals surface area contributed by atoms with E-state index in [2.05, 4.69) is 5.32 Å². The fourth-order valence-corrected chi connectivity index (χ4v) is 1.60. The summed E-state index contributed by atoms with van der Waals surface area (Å²) in [7, 11) is 1.27. The maximum absolute atomic E-state index is 13.0. The number of carbonyl (C=O) groups excluding carboxylic acids is 1. The monoisotopic (exact) mass is 304 g/mol. The van der Waals surface area contributed by atoms with Gasteiger partial charge >= 0.3 is 6.18 Å². The number of anilines is 1. The van der Waals surface area contributed by atoms with E-state index in [-0.39, 0.29) is 11.4 Å². The number of carbonyl (C=O) groups is 1. The molecule has 7 heteroatoms. The average Bonchev–Trinajstić information content (AvgIpc) is 2.35. The lowest BCUT2D eigenvalue weighted by Crippen LogP contribution is -2.45. The first-order valence-electron chi connectivity index (χ1n) is 6.28. The van der Waals surface area contributed by atoms with Crippen LogP contribution in [0.5, 0.6) is 5.75 Å². The van der Waals surface area contributed by atoms with E-state index in [1.54, 1.807) is 20.8 Å². The summed E-state index contributed by atoms with van der Waals surface area (Å²) in [6.45, 7) is 5.20. The number of amides is 1. The summed E-state index contributed by atoms with van der Waals surface area (Å²) < 4.78 is 43.8. The zero-order valence-electron chi connectivity index (χ0n) is 12.3. The molecule has 0 radical (unpaired) electrons. The summed E-state index contributed by atoms with van der Waals surface area (Å²) in [5, 5.41) is 2.24. The average molecular weight is 304 g/mol. The van der Waals surface area contributed by atoms with Crippen LogP contribution in [0.4, 0.5) is 18.9 Å². The second kappa shape index (κ2) is 5.93. The van der Waals surface area contributed by atoms with Crippen LogP contribution in [0, 0.1) is 5.41 Å². The zero-order valence-corrected chi connectivity index (χ0v) is 12.3. The van der Waals surface area contributed by atoms with Crippen molar-refractivity contribution in [1.29, 1.82) is 0 Å². The molecule has 0 spiro atoms. The minimum Gasteiger partial charge on any atom is -0.497 e. The van der Waals surface area contributed by atoms with E-state index in [9.17, 15) is 18.0 Å². The first-order valence-corrected chi connectivity index (χ1v) is 6.28. The SMILES string of the molecule is COc1ccc(NC(=O)[C@@H](N)C(C)(C)C)c(C(F)(F)F)c1. The number of nitrogens with one attached hydrogen (secondary N) is 1. The Bertz CT molecular complexity index is 522. The van der Waals surface area contributed by atoms with E-state index in [0.717, 1.165) is 12.1 Å². The predicted molar refractivity (Wildman–Crippen MR) is 74.1 cm³/mol. The molecule has 0 aliphatic rings. The quantitative estimate of drug-likeness (QED) is 0.902. The van der Waals surface area contributed by atoms with Crippen LogP contribution in [0.2, 0.25) is 0 Å². The van der Waals surface area contributed by atoms with Crippen LogP contribution in [0.25, 0.3) is 0 Å². The highest BCUT2D eigenvalue weighted by molar-refractivity contribution is 5.96. The van der Waals surface area contributed by atoms with Gasteiger partial charge in [-0.1, -0.05) is 20.8 Å². The highest BCUT2D eigenvalue weighted by Crippen LogP contribution is 2.37. The molecule has 0 saturated carbocycles. The van der Waals surface area contributed by atoms with Gasteiger partial charge in [0, 0.05) is 0 Å². The van der Waals surface area contributed by atoms with Gasteiger partial charge in [0.1, 0.15) is 5.75 Å². The Morgan fingerprint density at radius 1 is 1.29 bits per heavy atom. The molecular weight excluding hydrogens is 285 g/mol. The Kier molecular flexibility index (Phi) is 4.88. The first-order chi connectivity index (χ1) is 9.46. The van der Waals surface area contributed by atoms with E-state index in [1.807, 2.05) is 0 Å². The Labute approximate surface area is 121 Å². The summed E-state index contributed by atoms with van der Waals surface area (Å²) in [5.74, 6) is -0.612. The fraction of sp³-hybridized carbons (Fsp3) is 0.500. The topological polar surface area (TPSA) is 64.3 Å². The van der Waals surface area contributed by atoms with Gasteiger partial charge < -0.3 is 15.8 Å². The summed E-state index contributed by atoms with van der Waals surface area (Å²) in [6.07, 6.45) is -4.61. The molecule has 0 aliphatic heterocycles. The minimum atomic E-state index is -4.61. The van der Waals surface area contributed by atoms with Crippen molar-refractivity contribution in [3.8, 4) is 5.75 Å². The third-order valence-electron chi connectivity index (χ3n) is 3.01. The lowest BCUT2D eigenvalue weighted by atomic mass is 9.87. The second-order valence-electron chi connectivity index (χ2n) is 5.74. The van der Waals surface area contributed by atoms with Crippen LogP contribution >= 0.6 is 0 Å². The van der Waals surface area contributed by atoms with E-state index in [1.165, 1.54) is 13.2 Å². The number of hydrogen-bond donors (Lipinski definition) is 2. The molecule has 0 unspecified atom stereocenters. The molecule has 0 fully saturated rings. The fourth-order valence-electron chi connectivity index (χ4n) is 1.60. The molecule has 1 aromatic carbocycles. The van der Waals surface area contributed by atoms with Crippen molar-refractivity contribution in [2.45, 2.75) is 33.0 Å².